The van der Waals surface area contributed by atoms with Crippen molar-refractivity contribution in [2.75, 3.05) is 6.61 Å². The van der Waals surface area contributed by atoms with E-state index >= 15 is 0 Å². The highest BCUT2D eigenvalue weighted by molar-refractivity contribution is 5.73. The second-order valence-electron chi connectivity index (χ2n) is 4.57. The van der Waals surface area contributed by atoms with Crippen LogP contribution >= 0.6 is 0 Å². The van der Waals surface area contributed by atoms with Crippen LogP contribution in [0.5, 0.6) is 5.75 Å². The van der Waals surface area contributed by atoms with Crippen LogP contribution in [-0.2, 0) is 4.79 Å². The zero-order chi connectivity index (χ0) is 17.1. The Morgan fingerprint density at radius 3 is 2.70 bits per heavy atom. The predicted octanol–water partition coefficient (Wildman–Crippen LogP) is 1.13. The van der Waals surface area contributed by atoms with E-state index in [2.05, 4.69) is 5.10 Å². The Balaban J connectivity index is 2.36. The molecule has 2 rings (SSSR count). The fourth-order valence-electron chi connectivity index (χ4n) is 1.87. The van der Waals surface area contributed by atoms with Gasteiger partial charge in [-0.2, -0.15) is 18.6 Å². The van der Waals surface area contributed by atoms with Crippen molar-refractivity contribution in [2.45, 2.75) is 19.9 Å². The molecule has 0 saturated carbocycles. The highest BCUT2D eigenvalue weighted by atomic mass is 19.3. The third-order valence-electron chi connectivity index (χ3n) is 2.94. The van der Waals surface area contributed by atoms with E-state index in [1.807, 2.05) is 0 Å². The van der Waals surface area contributed by atoms with E-state index in [1.54, 1.807) is 0 Å². The second-order valence-corrected chi connectivity index (χ2v) is 4.57. The molecule has 1 amide bonds. The number of hydrogen-bond acceptors (Lipinski definition) is 4. The molecule has 7 nitrogen and oxygen atoms in total. The number of nitrogens with zero attached hydrogens (tertiary/aromatic N) is 3. The maximum Gasteiger partial charge on any atom is 0.355 e. The van der Waals surface area contributed by atoms with E-state index < -0.39 is 24.0 Å². The summed E-state index contributed by atoms with van der Waals surface area (Å²) in [6.45, 7) is -1.95. The summed E-state index contributed by atoms with van der Waals surface area (Å²) in [5.74, 6) is -1.80. The van der Waals surface area contributed by atoms with Crippen LogP contribution in [-0.4, -0.2) is 26.9 Å². The topological polar surface area (TPSA) is 92.1 Å². The minimum Gasteiger partial charge on any atom is -0.490 e. The lowest BCUT2D eigenvalue weighted by atomic mass is 10.3. The van der Waals surface area contributed by atoms with Crippen LogP contribution in [0.1, 0.15) is 18.8 Å². The van der Waals surface area contributed by atoms with Crippen molar-refractivity contribution in [3.05, 3.63) is 40.3 Å². The van der Waals surface area contributed by atoms with Gasteiger partial charge >= 0.3 is 12.2 Å². The van der Waals surface area contributed by atoms with Crippen LogP contribution < -0.4 is 16.2 Å². The molecule has 0 saturated heterocycles. The van der Waals surface area contributed by atoms with Gasteiger partial charge in [-0.1, -0.05) is 0 Å². The van der Waals surface area contributed by atoms with Crippen molar-refractivity contribution in [2.24, 2.45) is 5.73 Å². The summed E-state index contributed by atoms with van der Waals surface area (Å²) in [6.07, 6.45) is -0.122. The highest BCUT2D eigenvalue weighted by Gasteiger charge is 2.19. The first-order chi connectivity index (χ1) is 10.8. The molecular formula is C13H13F3N4O3. The number of halogens is 3. The Morgan fingerprint density at radius 2 is 2.13 bits per heavy atom. The van der Waals surface area contributed by atoms with Gasteiger partial charge in [0, 0.05) is 6.07 Å². The highest BCUT2D eigenvalue weighted by Crippen LogP contribution is 2.21. The third-order valence-corrected chi connectivity index (χ3v) is 2.94. The number of aryl methyl sites for hydroxylation is 1. The molecule has 10 heteroatoms. The Bertz CT molecular complexity index is 785. The van der Waals surface area contributed by atoms with Gasteiger partial charge in [-0.25, -0.2) is 13.8 Å². The normalized spacial score (nSPS) is 11.0. The van der Waals surface area contributed by atoms with Crippen LogP contribution in [0.3, 0.4) is 0 Å². The fourth-order valence-corrected chi connectivity index (χ4v) is 1.87. The number of primary amides is 1. The first-order valence-electron chi connectivity index (χ1n) is 6.48. The summed E-state index contributed by atoms with van der Waals surface area (Å²) in [5, 5.41) is 3.72. The van der Waals surface area contributed by atoms with Crippen LogP contribution in [0.2, 0.25) is 0 Å². The molecule has 0 aliphatic rings. The molecule has 2 N–H and O–H groups in total. The SMILES string of the molecule is Cc1nn(-c2ccc(F)c(OCCC(N)=O)c2)c(=O)n1C(F)F. The van der Waals surface area contributed by atoms with Gasteiger partial charge in [0.1, 0.15) is 5.82 Å². The second kappa shape index (κ2) is 6.55. The summed E-state index contributed by atoms with van der Waals surface area (Å²) in [6, 6.07) is 3.32. The molecule has 1 aromatic heterocycles. The third kappa shape index (κ3) is 3.52. The van der Waals surface area contributed by atoms with E-state index in [9.17, 15) is 22.8 Å². The van der Waals surface area contributed by atoms with Crippen molar-refractivity contribution < 1.29 is 22.7 Å². The lowest BCUT2D eigenvalue weighted by Gasteiger charge is -2.08. The molecule has 1 heterocycles. The number of carbonyl (C=O) groups is 1. The standard InChI is InChI=1S/C13H13F3N4O3/c1-7-18-20(13(22)19(7)12(15)16)8-2-3-9(14)10(6-8)23-5-4-11(17)21/h2-3,6,12H,4-5H2,1H3,(H2,17,21). The zero-order valence-electron chi connectivity index (χ0n) is 12.0. The van der Waals surface area contributed by atoms with Crippen LogP contribution in [0.15, 0.2) is 23.0 Å². The lowest BCUT2D eigenvalue weighted by molar-refractivity contribution is -0.118. The molecule has 0 aliphatic heterocycles. The van der Waals surface area contributed by atoms with Crippen molar-refractivity contribution >= 4 is 5.91 Å². The number of alkyl halides is 2. The van der Waals surface area contributed by atoms with Crippen molar-refractivity contribution in [1.82, 2.24) is 14.3 Å². The summed E-state index contributed by atoms with van der Waals surface area (Å²) in [7, 11) is 0. The zero-order valence-corrected chi connectivity index (χ0v) is 12.0. The molecule has 2 aromatic rings. The minimum absolute atomic E-state index is 0.0491. The fraction of sp³-hybridized carbons (Fsp3) is 0.308. The minimum atomic E-state index is -3.04. The Morgan fingerprint density at radius 1 is 1.43 bits per heavy atom. The van der Waals surface area contributed by atoms with Crippen LogP contribution in [0, 0.1) is 12.7 Å². The molecule has 0 fully saturated rings. The molecule has 0 radical (unpaired) electrons. The molecule has 0 bridgehead atoms. The molecular weight excluding hydrogens is 317 g/mol. The summed E-state index contributed by atoms with van der Waals surface area (Å²) in [4.78, 5) is 22.5. The number of carbonyl (C=O) groups excluding carboxylic acids is 1. The number of ether oxygens (including phenoxy) is 1. The maximum absolute atomic E-state index is 13.6. The molecule has 23 heavy (non-hydrogen) atoms. The summed E-state index contributed by atoms with van der Waals surface area (Å²) in [5.41, 5.74) is 3.93. The van der Waals surface area contributed by atoms with Gasteiger partial charge < -0.3 is 10.5 Å². The van der Waals surface area contributed by atoms with Crippen molar-refractivity contribution in [3.63, 3.8) is 0 Å². The van der Waals surface area contributed by atoms with Crippen molar-refractivity contribution in [3.8, 4) is 11.4 Å². The largest absolute Gasteiger partial charge is 0.490 e. The van der Waals surface area contributed by atoms with E-state index in [1.165, 1.54) is 13.0 Å². The molecule has 1 aromatic carbocycles. The summed E-state index contributed by atoms with van der Waals surface area (Å²) >= 11 is 0. The summed E-state index contributed by atoms with van der Waals surface area (Å²) < 4.78 is 45.2. The van der Waals surface area contributed by atoms with Gasteiger partial charge in [-0.15, -0.1) is 0 Å². The van der Waals surface area contributed by atoms with Gasteiger partial charge in [0.15, 0.2) is 11.6 Å². The van der Waals surface area contributed by atoms with Gasteiger partial charge in [-0.3, -0.25) is 4.79 Å². The molecule has 0 spiro atoms. The van der Waals surface area contributed by atoms with E-state index in [-0.39, 0.29) is 34.9 Å². The monoisotopic (exact) mass is 330 g/mol. The maximum atomic E-state index is 13.6. The van der Waals surface area contributed by atoms with E-state index in [4.69, 9.17) is 10.5 Å². The molecule has 0 unspecified atom stereocenters. The number of amides is 1. The molecule has 124 valence electrons. The van der Waals surface area contributed by atoms with Gasteiger partial charge in [0.2, 0.25) is 5.91 Å². The number of benzene rings is 1. The number of rotatable bonds is 6. The lowest BCUT2D eigenvalue weighted by Crippen LogP contribution is -2.24. The quantitative estimate of drug-likeness (QED) is 0.859. The molecule has 0 aliphatic carbocycles. The van der Waals surface area contributed by atoms with E-state index in [0.717, 1.165) is 12.1 Å². The van der Waals surface area contributed by atoms with Crippen molar-refractivity contribution in [1.29, 1.82) is 0 Å². The predicted molar refractivity (Wildman–Crippen MR) is 73.1 cm³/mol. The Hall–Kier alpha value is -2.78. The van der Waals surface area contributed by atoms with Gasteiger partial charge in [0.05, 0.1) is 18.7 Å². The number of nitrogens with two attached hydrogens (primary N) is 1. The number of hydrogen-bond donors (Lipinski definition) is 1. The Labute approximate surface area is 128 Å². The average molecular weight is 330 g/mol. The first kappa shape index (κ1) is 16.6. The average Bonchev–Trinajstić information content (AvgIpc) is 2.75. The van der Waals surface area contributed by atoms with Gasteiger partial charge in [-0.05, 0) is 19.1 Å². The van der Waals surface area contributed by atoms with E-state index in [0.29, 0.717) is 4.68 Å². The van der Waals surface area contributed by atoms with Crippen LogP contribution in [0.25, 0.3) is 5.69 Å². The first-order valence-corrected chi connectivity index (χ1v) is 6.48. The Kier molecular flexibility index (Phi) is 4.72. The van der Waals surface area contributed by atoms with Crippen LogP contribution in [0.4, 0.5) is 13.2 Å². The smallest absolute Gasteiger partial charge is 0.355 e. The van der Waals surface area contributed by atoms with Gasteiger partial charge in [0.25, 0.3) is 0 Å². The number of aromatic nitrogens is 3. The molecule has 0 atom stereocenters.